The number of esters is 1. The van der Waals surface area contributed by atoms with E-state index < -0.39 is 6.04 Å². The quantitative estimate of drug-likeness (QED) is 0.818. The molecule has 0 aliphatic heterocycles. The number of benzene rings is 1. The molecule has 0 saturated heterocycles. The van der Waals surface area contributed by atoms with Gasteiger partial charge in [0.25, 0.3) is 0 Å². The maximum Gasteiger partial charge on any atom is 0.323 e. The van der Waals surface area contributed by atoms with Gasteiger partial charge in [0.05, 0.1) is 6.61 Å². The van der Waals surface area contributed by atoms with Gasteiger partial charge in [0, 0.05) is 6.61 Å². The fourth-order valence-corrected chi connectivity index (χ4v) is 1.20. The second-order valence-electron chi connectivity index (χ2n) is 3.36. The standard InChI is InChI=1S/C11H15NO2.C2H6O.ClH/c1-2-14-11(13)10(12)8-9-6-4-3-5-7-9;1-2-3;/h3-7,10H,2,8,12H2,1H3;3H,2H2,1H3;1H. The molecule has 0 aromatic heterocycles. The maximum absolute atomic E-state index is 11.2. The number of ether oxygens (including phenoxy) is 1. The van der Waals surface area contributed by atoms with Gasteiger partial charge in [-0.25, -0.2) is 0 Å². The van der Waals surface area contributed by atoms with E-state index >= 15 is 0 Å². The Bertz CT molecular complexity index is 306. The van der Waals surface area contributed by atoms with Crippen molar-refractivity contribution in [3.05, 3.63) is 35.9 Å². The zero-order chi connectivity index (χ0) is 13.1. The van der Waals surface area contributed by atoms with Gasteiger partial charge in [0.15, 0.2) is 0 Å². The molecule has 1 aromatic carbocycles. The average Bonchev–Trinajstić information content (AvgIpc) is 2.31. The van der Waals surface area contributed by atoms with E-state index in [2.05, 4.69) is 0 Å². The molecule has 0 radical (unpaired) electrons. The first-order valence-corrected chi connectivity index (χ1v) is 5.72. The Morgan fingerprint density at radius 1 is 1.33 bits per heavy atom. The monoisotopic (exact) mass is 275 g/mol. The third kappa shape index (κ3) is 8.98. The van der Waals surface area contributed by atoms with Crippen LogP contribution in [0.25, 0.3) is 0 Å². The van der Waals surface area contributed by atoms with Gasteiger partial charge >= 0.3 is 5.97 Å². The fraction of sp³-hybridized carbons (Fsp3) is 0.462. The van der Waals surface area contributed by atoms with E-state index in [1.807, 2.05) is 30.3 Å². The van der Waals surface area contributed by atoms with E-state index in [1.54, 1.807) is 13.8 Å². The summed E-state index contributed by atoms with van der Waals surface area (Å²) >= 11 is 0. The van der Waals surface area contributed by atoms with Crippen LogP contribution in [0.15, 0.2) is 30.3 Å². The number of nitrogens with two attached hydrogens (primary N) is 1. The third-order valence-electron chi connectivity index (χ3n) is 1.89. The Morgan fingerprint density at radius 3 is 2.28 bits per heavy atom. The van der Waals surface area contributed by atoms with Crippen LogP contribution in [0.3, 0.4) is 0 Å². The van der Waals surface area contributed by atoms with Crippen LogP contribution in [0, 0.1) is 0 Å². The van der Waals surface area contributed by atoms with Crippen LogP contribution in [-0.2, 0) is 16.0 Å². The molecule has 0 spiro atoms. The van der Waals surface area contributed by atoms with Gasteiger partial charge < -0.3 is 15.6 Å². The predicted octanol–water partition coefficient (Wildman–Crippen LogP) is 1.54. The maximum atomic E-state index is 11.2. The molecule has 1 unspecified atom stereocenters. The molecule has 0 aliphatic rings. The Hall–Kier alpha value is -1.10. The van der Waals surface area contributed by atoms with Gasteiger partial charge in [-0.05, 0) is 25.8 Å². The molecule has 0 saturated carbocycles. The van der Waals surface area contributed by atoms with E-state index in [4.69, 9.17) is 15.6 Å². The number of aliphatic hydroxyl groups excluding tert-OH is 1. The molecule has 3 N–H and O–H groups in total. The predicted molar refractivity (Wildman–Crippen MR) is 74.8 cm³/mol. The summed E-state index contributed by atoms with van der Waals surface area (Å²) < 4.78 is 4.81. The highest BCUT2D eigenvalue weighted by atomic mass is 35.5. The first kappa shape index (κ1) is 19.2. The van der Waals surface area contributed by atoms with Crippen molar-refractivity contribution in [2.45, 2.75) is 26.3 Å². The molecular formula is C13H22ClNO3. The molecule has 5 heteroatoms. The second-order valence-corrected chi connectivity index (χ2v) is 3.36. The van der Waals surface area contributed by atoms with Crippen molar-refractivity contribution in [2.75, 3.05) is 13.2 Å². The van der Waals surface area contributed by atoms with Gasteiger partial charge in [0.2, 0.25) is 0 Å². The van der Waals surface area contributed by atoms with E-state index in [1.165, 1.54) is 0 Å². The summed E-state index contributed by atoms with van der Waals surface area (Å²) in [6.07, 6.45) is 0.527. The van der Waals surface area contributed by atoms with Crippen LogP contribution in [0.1, 0.15) is 19.4 Å². The van der Waals surface area contributed by atoms with Gasteiger partial charge in [0.1, 0.15) is 6.04 Å². The lowest BCUT2D eigenvalue weighted by molar-refractivity contribution is -0.144. The van der Waals surface area contributed by atoms with Gasteiger partial charge in [-0.3, -0.25) is 4.79 Å². The minimum atomic E-state index is -0.558. The molecule has 1 rings (SSSR count). The van der Waals surface area contributed by atoms with E-state index in [9.17, 15) is 4.79 Å². The van der Waals surface area contributed by atoms with Crippen LogP contribution in [-0.4, -0.2) is 30.3 Å². The molecule has 0 heterocycles. The molecule has 4 nitrogen and oxygen atoms in total. The smallest absolute Gasteiger partial charge is 0.323 e. The van der Waals surface area contributed by atoms with Crippen molar-refractivity contribution >= 4 is 18.4 Å². The minimum Gasteiger partial charge on any atom is -0.465 e. The van der Waals surface area contributed by atoms with E-state index in [0.29, 0.717) is 13.0 Å². The number of hydrogen-bond donors (Lipinski definition) is 2. The van der Waals surface area contributed by atoms with E-state index in [-0.39, 0.29) is 25.0 Å². The Labute approximate surface area is 115 Å². The second kappa shape index (κ2) is 12.4. The van der Waals surface area contributed by atoms with Gasteiger partial charge in [-0.1, -0.05) is 30.3 Å². The lowest BCUT2D eigenvalue weighted by Gasteiger charge is -2.09. The number of hydrogen-bond acceptors (Lipinski definition) is 4. The summed E-state index contributed by atoms with van der Waals surface area (Å²) in [5, 5.41) is 7.57. The number of carbonyl (C=O) groups excluding carboxylic acids is 1. The molecule has 0 bridgehead atoms. The minimum absolute atomic E-state index is 0. The topological polar surface area (TPSA) is 72.5 Å². The Balaban J connectivity index is 0. The van der Waals surface area contributed by atoms with Crippen molar-refractivity contribution < 1.29 is 14.6 Å². The summed E-state index contributed by atoms with van der Waals surface area (Å²) in [7, 11) is 0. The fourth-order valence-electron chi connectivity index (χ4n) is 1.20. The van der Waals surface area contributed by atoms with Crippen LogP contribution < -0.4 is 5.73 Å². The summed E-state index contributed by atoms with van der Waals surface area (Å²) in [5.41, 5.74) is 6.71. The molecule has 104 valence electrons. The first-order valence-electron chi connectivity index (χ1n) is 5.72. The number of halogens is 1. The third-order valence-corrected chi connectivity index (χ3v) is 1.89. The molecule has 0 amide bonds. The Kier molecular flexibility index (Phi) is 13.2. The SMILES string of the molecule is CCO.CCOC(=O)C(N)Cc1ccccc1.Cl. The van der Waals surface area contributed by atoms with Gasteiger partial charge in [-0.2, -0.15) is 0 Å². The number of rotatable bonds is 4. The van der Waals surface area contributed by atoms with Crippen molar-refractivity contribution in [3.8, 4) is 0 Å². The molecular weight excluding hydrogens is 254 g/mol. The first-order chi connectivity index (χ1) is 8.15. The summed E-state index contributed by atoms with van der Waals surface area (Å²) in [5.74, 6) is -0.337. The van der Waals surface area contributed by atoms with Crippen molar-refractivity contribution in [1.29, 1.82) is 0 Å². The highest BCUT2D eigenvalue weighted by molar-refractivity contribution is 5.85. The molecule has 18 heavy (non-hydrogen) atoms. The highest BCUT2D eigenvalue weighted by Gasteiger charge is 2.14. The zero-order valence-corrected chi connectivity index (χ0v) is 11.7. The van der Waals surface area contributed by atoms with Crippen molar-refractivity contribution in [3.63, 3.8) is 0 Å². The lowest BCUT2D eigenvalue weighted by Crippen LogP contribution is -2.34. The van der Waals surface area contributed by atoms with Crippen molar-refractivity contribution in [2.24, 2.45) is 5.73 Å². The molecule has 0 fully saturated rings. The van der Waals surface area contributed by atoms with Crippen LogP contribution in [0.4, 0.5) is 0 Å². The van der Waals surface area contributed by atoms with Crippen LogP contribution >= 0.6 is 12.4 Å². The van der Waals surface area contributed by atoms with Gasteiger partial charge in [-0.15, -0.1) is 12.4 Å². The largest absolute Gasteiger partial charge is 0.465 e. The van der Waals surface area contributed by atoms with Crippen LogP contribution in [0.2, 0.25) is 0 Å². The highest BCUT2D eigenvalue weighted by Crippen LogP contribution is 2.02. The number of aliphatic hydroxyl groups is 1. The molecule has 1 atom stereocenters. The number of carbonyl (C=O) groups is 1. The van der Waals surface area contributed by atoms with E-state index in [0.717, 1.165) is 5.56 Å². The van der Waals surface area contributed by atoms with Crippen molar-refractivity contribution in [1.82, 2.24) is 0 Å². The summed E-state index contributed by atoms with van der Waals surface area (Å²) in [4.78, 5) is 11.2. The zero-order valence-electron chi connectivity index (χ0n) is 10.8. The summed E-state index contributed by atoms with van der Waals surface area (Å²) in [6, 6.07) is 9.11. The lowest BCUT2D eigenvalue weighted by atomic mass is 10.1. The van der Waals surface area contributed by atoms with Crippen LogP contribution in [0.5, 0.6) is 0 Å². The normalized spacial score (nSPS) is 10.4. The molecule has 0 aliphatic carbocycles. The summed E-state index contributed by atoms with van der Waals surface area (Å²) in [6.45, 7) is 4.08. The average molecular weight is 276 g/mol. The Morgan fingerprint density at radius 2 is 1.83 bits per heavy atom. The molecule has 1 aromatic rings.